The van der Waals surface area contributed by atoms with Crippen LogP contribution in [0.25, 0.3) is 0 Å². The van der Waals surface area contributed by atoms with E-state index in [1.165, 1.54) is 36.8 Å². The SMILES string of the molecule is CCCCCC(C)NCC(O)COc1cc(C)cc(C)c1. The number of hydrogen-bond donors (Lipinski definition) is 2. The van der Waals surface area contributed by atoms with Gasteiger partial charge in [-0.15, -0.1) is 0 Å². The summed E-state index contributed by atoms with van der Waals surface area (Å²) in [5.41, 5.74) is 2.37. The summed E-state index contributed by atoms with van der Waals surface area (Å²) in [4.78, 5) is 0. The average molecular weight is 293 g/mol. The van der Waals surface area contributed by atoms with Crippen molar-refractivity contribution in [2.75, 3.05) is 13.2 Å². The molecule has 0 aromatic heterocycles. The normalized spacial score (nSPS) is 14.0. The van der Waals surface area contributed by atoms with Crippen molar-refractivity contribution in [1.29, 1.82) is 0 Å². The standard InChI is InChI=1S/C18H31NO2/c1-5-6-7-8-16(4)19-12-17(20)13-21-18-10-14(2)9-15(3)11-18/h9-11,16-17,19-20H,5-8,12-13H2,1-4H3. The van der Waals surface area contributed by atoms with E-state index in [1.807, 2.05) is 12.1 Å². The molecule has 0 heterocycles. The minimum absolute atomic E-state index is 0.331. The number of aliphatic hydroxyl groups excluding tert-OH is 1. The lowest BCUT2D eigenvalue weighted by Gasteiger charge is -2.18. The Morgan fingerprint density at radius 1 is 1.14 bits per heavy atom. The van der Waals surface area contributed by atoms with Gasteiger partial charge in [-0.25, -0.2) is 0 Å². The van der Waals surface area contributed by atoms with Crippen LogP contribution in [0.5, 0.6) is 5.75 Å². The van der Waals surface area contributed by atoms with Gasteiger partial charge in [0.05, 0.1) is 0 Å². The molecule has 0 fully saturated rings. The lowest BCUT2D eigenvalue weighted by molar-refractivity contribution is 0.103. The van der Waals surface area contributed by atoms with Gasteiger partial charge in [0.2, 0.25) is 0 Å². The maximum atomic E-state index is 9.98. The van der Waals surface area contributed by atoms with Crippen LogP contribution in [0.4, 0.5) is 0 Å². The summed E-state index contributed by atoms with van der Waals surface area (Å²) in [5.74, 6) is 0.836. The third kappa shape index (κ3) is 8.08. The number of ether oxygens (including phenoxy) is 1. The van der Waals surface area contributed by atoms with E-state index in [-0.39, 0.29) is 0 Å². The Kier molecular flexibility index (Phi) is 8.40. The van der Waals surface area contributed by atoms with E-state index in [0.29, 0.717) is 19.2 Å². The molecule has 0 bridgehead atoms. The Bertz CT molecular complexity index is 386. The maximum absolute atomic E-state index is 9.98. The third-order valence-corrected chi connectivity index (χ3v) is 3.58. The second kappa shape index (κ2) is 9.80. The van der Waals surface area contributed by atoms with Crippen LogP contribution in [-0.4, -0.2) is 30.4 Å². The quantitative estimate of drug-likeness (QED) is 0.648. The van der Waals surface area contributed by atoms with Gasteiger partial charge in [0.15, 0.2) is 0 Å². The number of aliphatic hydroxyl groups is 1. The van der Waals surface area contributed by atoms with Crippen LogP contribution >= 0.6 is 0 Å². The summed E-state index contributed by atoms with van der Waals surface area (Å²) in [7, 11) is 0. The van der Waals surface area contributed by atoms with Crippen LogP contribution < -0.4 is 10.1 Å². The van der Waals surface area contributed by atoms with E-state index in [9.17, 15) is 5.11 Å². The van der Waals surface area contributed by atoms with Crippen LogP contribution in [0.1, 0.15) is 50.7 Å². The van der Waals surface area contributed by atoms with Gasteiger partial charge >= 0.3 is 0 Å². The highest BCUT2D eigenvalue weighted by molar-refractivity contribution is 5.32. The largest absolute Gasteiger partial charge is 0.491 e. The molecule has 1 rings (SSSR count). The van der Waals surface area contributed by atoms with Crippen LogP contribution in [0.3, 0.4) is 0 Å². The number of rotatable bonds is 10. The number of nitrogens with one attached hydrogen (secondary N) is 1. The van der Waals surface area contributed by atoms with Crippen molar-refractivity contribution in [1.82, 2.24) is 5.32 Å². The van der Waals surface area contributed by atoms with E-state index < -0.39 is 6.10 Å². The zero-order valence-electron chi connectivity index (χ0n) is 14.0. The van der Waals surface area contributed by atoms with Gasteiger partial charge in [-0.1, -0.05) is 32.3 Å². The highest BCUT2D eigenvalue weighted by Crippen LogP contribution is 2.16. The first-order chi connectivity index (χ1) is 10.0. The van der Waals surface area contributed by atoms with Crippen molar-refractivity contribution in [3.63, 3.8) is 0 Å². The van der Waals surface area contributed by atoms with Gasteiger partial charge < -0.3 is 15.2 Å². The van der Waals surface area contributed by atoms with Crippen LogP contribution in [0.2, 0.25) is 0 Å². The molecule has 0 amide bonds. The molecule has 1 aromatic carbocycles. The summed E-state index contributed by atoms with van der Waals surface area (Å²) in [6.07, 6.45) is 4.47. The molecule has 2 N–H and O–H groups in total. The van der Waals surface area contributed by atoms with Gasteiger partial charge in [0.1, 0.15) is 18.5 Å². The predicted octanol–water partition coefficient (Wildman–Crippen LogP) is 3.60. The molecule has 0 aliphatic heterocycles. The van der Waals surface area contributed by atoms with Gasteiger partial charge in [-0.05, 0) is 50.5 Å². The highest BCUT2D eigenvalue weighted by atomic mass is 16.5. The van der Waals surface area contributed by atoms with Gasteiger partial charge in [-0.3, -0.25) is 0 Å². The highest BCUT2D eigenvalue weighted by Gasteiger charge is 2.08. The van der Waals surface area contributed by atoms with Crippen LogP contribution in [0.15, 0.2) is 18.2 Å². The van der Waals surface area contributed by atoms with Gasteiger partial charge in [0, 0.05) is 12.6 Å². The van der Waals surface area contributed by atoms with Crippen LogP contribution in [-0.2, 0) is 0 Å². The first-order valence-electron chi connectivity index (χ1n) is 8.13. The van der Waals surface area contributed by atoms with Crippen molar-refractivity contribution in [3.05, 3.63) is 29.3 Å². The number of hydrogen-bond acceptors (Lipinski definition) is 3. The average Bonchev–Trinajstić information content (AvgIpc) is 2.42. The zero-order valence-corrected chi connectivity index (χ0v) is 14.0. The molecular formula is C18H31NO2. The van der Waals surface area contributed by atoms with Crippen molar-refractivity contribution in [2.24, 2.45) is 0 Å². The molecule has 0 aliphatic rings. The van der Waals surface area contributed by atoms with E-state index >= 15 is 0 Å². The third-order valence-electron chi connectivity index (χ3n) is 3.58. The maximum Gasteiger partial charge on any atom is 0.119 e. The summed E-state index contributed by atoms with van der Waals surface area (Å²) in [6.45, 7) is 9.40. The van der Waals surface area contributed by atoms with E-state index in [2.05, 4.69) is 39.1 Å². The molecule has 21 heavy (non-hydrogen) atoms. The number of benzene rings is 1. The molecule has 120 valence electrons. The Hall–Kier alpha value is -1.06. The van der Waals surface area contributed by atoms with E-state index in [4.69, 9.17) is 4.74 Å². The molecule has 2 atom stereocenters. The predicted molar refractivity (Wildman–Crippen MR) is 89.0 cm³/mol. The van der Waals surface area contributed by atoms with Gasteiger partial charge in [-0.2, -0.15) is 0 Å². The number of unbranched alkanes of at least 4 members (excludes halogenated alkanes) is 2. The first-order valence-corrected chi connectivity index (χ1v) is 8.13. The minimum atomic E-state index is -0.473. The summed E-state index contributed by atoms with van der Waals surface area (Å²) < 4.78 is 5.67. The molecule has 1 aromatic rings. The summed E-state index contributed by atoms with van der Waals surface area (Å²) in [6, 6.07) is 6.57. The Morgan fingerprint density at radius 3 is 2.43 bits per heavy atom. The lowest BCUT2D eigenvalue weighted by Crippen LogP contribution is -2.36. The summed E-state index contributed by atoms with van der Waals surface area (Å²) >= 11 is 0. The van der Waals surface area contributed by atoms with Crippen molar-refractivity contribution in [2.45, 2.75) is 65.5 Å². The van der Waals surface area contributed by atoms with E-state index in [1.54, 1.807) is 0 Å². The summed E-state index contributed by atoms with van der Waals surface area (Å²) in [5, 5.41) is 13.4. The molecule has 0 radical (unpaired) electrons. The topological polar surface area (TPSA) is 41.5 Å². The van der Waals surface area contributed by atoms with Gasteiger partial charge in [0.25, 0.3) is 0 Å². The molecule has 0 aliphatic carbocycles. The van der Waals surface area contributed by atoms with Crippen LogP contribution in [0, 0.1) is 13.8 Å². The zero-order chi connectivity index (χ0) is 15.7. The minimum Gasteiger partial charge on any atom is -0.491 e. The smallest absolute Gasteiger partial charge is 0.119 e. The molecule has 3 nitrogen and oxygen atoms in total. The fourth-order valence-electron chi connectivity index (χ4n) is 2.41. The molecule has 2 unspecified atom stereocenters. The lowest BCUT2D eigenvalue weighted by atomic mass is 10.1. The fraction of sp³-hybridized carbons (Fsp3) is 0.667. The van der Waals surface area contributed by atoms with Crippen molar-refractivity contribution in [3.8, 4) is 5.75 Å². The molecule has 3 heteroatoms. The van der Waals surface area contributed by atoms with E-state index in [0.717, 1.165) is 5.75 Å². The Labute approximate surface area is 129 Å². The van der Waals surface area contributed by atoms with Crippen molar-refractivity contribution >= 4 is 0 Å². The Balaban J connectivity index is 2.22. The fourth-order valence-corrected chi connectivity index (χ4v) is 2.41. The van der Waals surface area contributed by atoms with Crippen molar-refractivity contribution < 1.29 is 9.84 Å². The molecular weight excluding hydrogens is 262 g/mol. The number of aryl methyl sites for hydroxylation is 2. The second-order valence-corrected chi connectivity index (χ2v) is 6.09. The molecule has 0 saturated carbocycles. The monoisotopic (exact) mass is 293 g/mol. The first kappa shape index (κ1) is 18.0. The molecule has 0 spiro atoms. The molecule has 0 saturated heterocycles. The Morgan fingerprint density at radius 2 is 1.81 bits per heavy atom. The second-order valence-electron chi connectivity index (χ2n) is 6.09.